The highest BCUT2D eigenvalue weighted by Gasteiger charge is 2.28. The topological polar surface area (TPSA) is 52.7 Å². The highest BCUT2D eigenvalue weighted by molar-refractivity contribution is 6.00. The van der Waals surface area contributed by atoms with Crippen LogP contribution in [0, 0.1) is 5.92 Å². The molecule has 4 rings (SSSR count). The molecular formula is C24H35N3O2. The van der Waals surface area contributed by atoms with E-state index in [0.29, 0.717) is 12.8 Å². The van der Waals surface area contributed by atoms with Gasteiger partial charge in [-0.2, -0.15) is 0 Å². The fourth-order valence-electron chi connectivity index (χ4n) is 5.24. The maximum Gasteiger partial charge on any atom is 0.234 e. The molecule has 1 aromatic carbocycles. The van der Waals surface area contributed by atoms with Crippen molar-refractivity contribution < 1.29 is 9.59 Å². The van der Waals surface area contributed by atoms with Gasteiger partial charge in [-0.15, -0.1) is 0 Å². The fraction of sp³-hybridized carbons (Fsp3) is 0.667. The van der Waals surface area contributed by atoms with Gasteiger partial charge in [0.15, 0.2) is 0 Å². The van der Waals surface area contributed by atoms with Gasteiger partial charge in [-0.05, 0) is 49.4 Å². The van der Waals surface area contributed by atoms with Crippen molar-refractivity contribution in [3.63, 3.8) is 0 Å². The average Bonchev–Trinajstić information content (AvgIpc) is 2.75. The summed E-state index contributed by atoms with van der Waals surface area (Å²) in [7, 11) is 0. The van der Waals surface area contributed by atoms with E-state index in [9.17, 15) is 9.59 Å². The first-order chi connectivity index (χ1) is 14.2. The number of benzene rings is 1. The van der Waals surface area contributed by atoms with Crippen molar-refractivity contribution in [1.82, 2.24) is 10.2 Å². The van der Waals surface area contributed by atoms with Crippen LogP contribution in [-0.2, 0) is 9.59 Å². The molecule has 0 bridgehead atoms. The summed E-state index contributed by atoms with van der Waals surface area (Å²) >= 11 is 0. The van der Waals surface area contributed by atoms with Crippen LogP contribution in [0.4, 0.5) is 5.69 Å². The van der Waals surface area contributed by atoms with Crippen molar-refractivity contribution >= 4 is 17.5 Å². The van der Waals surface area contributed by atoms with Gasteiger partial charge >= 0.3 is 0 Å². The molecule has 1 saturated carbocycles. The van der Waals surface area contributed by atoms with Gasteiger partial charge in [0.2, 0.25) is 11.8 Å². The lowest BCUT2D eigenvalue weighted by Gasteiger charge is -2.36. The molecule has 158 valence electrons. The summed E-state index contributed by atoms with van der Waals surface area (Å²) in [5, 5.41) is 2.45. The minimum absolute atomic E-state index is 0.153. The Labute approximate surface area is 174 Å². The van der Waals surface area contributed by atoms with Gasteiger partial charge in [0.1, 0.15) is 0 Å². The van der Waals surface area contributed by atoms with E-state index in [1.165, 1.54) is 57.2 Å². The monoisotopic (exact) mass is 397 g/mol. The number of piperidine rings is 1. The minimum Gasteiger partial charge on any atom is -0.369 e. The zero-order valence-electron chi connectivity index (χ0n) is 17.6. The second-order valence-electron chi connectivity index (χ2n) is 9.07. The van der Waals surface area contributed by atoms with E-state index >= 15 is 0 Å². The zero-order chi connectivity index (χ0) is 20.1. The third-order valence-electron chi connectivity index (χ3n) is 7.08. The standard InChI is InChI=1S/C24H35N3O2/c28-23-13-12-22(24(29)25-23)20-8-10-21(11-9-20)27-17-15-26(16-18-27)14-4-7-19-5-2-1-3-6-19/h8-11,19,22H,1-7,12-18H2,(H,25,28,29). The molecule has 2 heterocycles. The summed E-state index contributed by atoms with van der Waals surface area (Å²) in [4.78, 5) is 28.5. The molecule has 3 fully saturated rings. The van der Waals surface area contributed by atoms with E-state index in [0.717, 1.165) is 37.7 Å². The highest BCUT2D eigenvalue weighted by atomic mass is 16.2. The third-order valence-corrected chi connectivity index (χ3v) is 7.08. The fourth-order valence-corrected chi connectivity index (χ4v) is 5.24. The molecule has 3 aliphatic rings. The van der Waals surface area contributed by atoms with Gasteiger partial charge in [-0.25, -0.2) is 0 Å². The van der Waals surface area contributed by atoms with Crippen molar-refractivity contribution in [1.29, 1.82) is 0 Å². The zero-order valence-corrected chi connectivity index (χ0v) is 17.6. The lowest BCUT2D eigenvalue weighted by Crippen LogP contribution is -2.46. The molecule has 1 aromatic rings. The molecule has 5 heteroatoms. The van der Waals surface area contributed by atoms with Crippen LogP contribution >= 0.6 is 0 Å². The minimum atomic E-state index is -0.192. The van der Waals surface area contributed by atoms with Crippen LogP contribution < -0.4 is 10.2 Å². The normalized spacial score (nSPS) is 24.6. The van der Waals surface area contributed by atoms with Crippen molar-refractivity contribution in [2.75, 3.05) is 37.6 Å². The summed E-state index contributed by atoms with van der Waals surface area (Å²) in [5.74, 6) is 0.492. The third kappa shape index (κ3) is 5.39. The van der Waals surface area contributed by atoms with Crippen LogP contribution in [0.2, 0.25) is 0 Å². The van der Waals surface area contributed by atoms with Gasteiger partial charge in [-0.1, -0.05) is 44.2 Å². The van der Waals surface area contributed by atoms with Gasteiger partial charge in [-0.3, -0.25) is 19.8 Å². The predicted molar refractivity (Wildman–Crippen MR) is 116 cm³/mol. The van der Waals surface area contributed by atoms with Crippen molar-refractivity contribution in [2.45, 2.75) is 63.7 Å². The van der Waals surface area contributed by atoms with Crippen LogP contribution in [-0.4, -0.2) is 49.4 Å². The number of nitrogens with zero attached hydrogens (tertiary/aromatic N) is 2. The van der Waals surface area contributed by atoms with Crippen molar-refractivity contribution in [2.24, 2.45) is 5.92 Å². The first kappa shape index (κ1) is 20.4. The van der Waals surface area contributed by atoms with E-state index in [4.69, 9.17) is 0 Å². The Morgan fingerprint density at radius 1 is 0.897 bits per heavy atom. The maximum absolute atomic E-state index is 12.1. The number of amides is 2. The quantitative estimate of drug-likeness (QED) is 0.744. The lowest BCUT2D eigenvalue weighted by molar-refractivity contribution is -0.134. The van der Waals surface area contributed by atoms with Gasteiger partial charge in [0.05, 0.1) is 5.92 Å². The molecule has 0 radical (unpaired) electrons. The summed E-state index contributed by atoms with van der Waals surface area (Å²) in [6, 6.07) is 8.40. The van der Waals surface area contributed by atoms with Gasteiger partial charge in [0.25, 0.3) is 0 Å². The van der Waals surface area contributed by atoms with Crippen LogP contribution in [0.3, 0.4) is 0 Å². The predicted octanol–water partition coefficient (Wildman–Crippen LogP) is 3.69. The molecule has 1 atom stereocenters. The number of anilines is 1. The second kappa shape index (κ2) is 9.75. The van der Waals surface area contributed by atoms with Crippen LogP contribution in [0.15, 0.2) is 24.3 Å². The summed E-state index contributed by atoms with van der Waals surface area (Å²) in [5.41, 5.74) is 2.25. The Kier molecular flexibility index (Phi) is 6.86. The Hall–Kier alpha value is -1.88. The Morgan fingerprint density at radius 2 is 1.62 bits per heavy atom. The number of carbonyl (C=O) groups excluding carboxylic acids is 2. The molecular weight excluding hydrogens is 362 g/mol. The number of rotatable bonds is 6. The molecule has 1 aliphatic carbocycles. The van der Waals surface area contributed by atoms with E-state index in [2.05, 4.69) is 39.4 Å². The molecule has 2 aliphatic heterocycles. The Morgan fingerprint density at radius 3 is 2.31 bits per heavy atom. The Balaban J connectivity index is 1.21. The molecule has 5 nitrogen and oxygen atoms in total. The highest BCUT2D eigenvalue weighted by Crippen LogP contribution is 2.28. The summed E-state index contributed by atoms with van der Waals surface area (Å²) in [6.45, 7) is 5.67. The molecule has 2 amide bonds. The molecule has 1 unspecified atom stereocenters. The molecule has 0 spiro atoms. The largest absolute Gasteiger partial charge is 0.369 e. The number of piperazine rings is 1. The first-order valence-corrected chi connectivity index (χ1v) is 11.6. The SMILES string of the molecule is O=C1CCC(c2ccc(N3CCN(CCCC4CCCCC4)CC3)cc2)C(=O)N1. The first-order valence-electron chi connectivity index (χ1n) is 11.6. The summed E-state index contributed by atoms with van der Waals surface area (Å²) in [6.07, 6.45) is 11.1. The van der Waals surface area contributed by atoms with Crippen LogP contribution in [0.25, 0.3) is 0 Å². The molecule has 29 heavy (non-hydrogen) atoms. The molecule has 2 saturated heterocycles. The lowest BCUT2D eigenvalue weighted by atomic mass is 9.86. The number of nitrogens with one attached hydrogen (secondary N) is 1. The smallest absolute Gasteiger partial charge is 0.234 e. The van der Waals surface area contributed by atoms with E-state index in [1.54, 1.807) is 0 Å². The molecule has 1 N–H and O–H groups in total. The van der Waals surface area contributed by atoms with Crippen molar-refractivity contribution in [3.05, 3.63) is 29.8 Å². The average molecular weight is 398 g/mol. The van der Waals surface area contributed by atoms with E-state index in [-0.39, 0.29) is 17.7 Å². The van der Waals surface area contributed by atoms with Crippen LogP contribution in [0.5, 0.6) is 0 Å². The number of imide groups is 1. The maximum atomic E-state index is 12.1. The van der Waals surface area contributed by atoms with Gasteiger partial charge < -0.3 is 4.90 Å². The van der Waals surface area contributed by atoms with Crippen LogP contribution in [0.1, 0.15) is 69.3 Å². The Bertz CT molecular complexity index is 689. The number of hydrogen-bond donors (Lipinski definition) is 1. The van der Waals surface area contributed by atoms with Gasteiger partial charge in [0, 0.05) is 38.3 Å². The molecule has 0 aromatic heterocycles. The second-order valence-corrected chi connectivity index (χ2v) is 9.07. The van der Waals surface area contributed by atoms with Crippen molar-refractivity contribution in [3.8, 4) is 0 Å². The summed E-state index contributed by atoms with van der Waals surface area (Å²) < 4.78 is 0. The number of carbonyl (C=O) groups is 2. The number of hydrogen-bond acceptors (Lipinski definition) is 4. The van der Waals surface area contributed by atoms with E-state index < -0.39 is 0 Å². The van der Waals surface area contributed by atoms with E-state index in [1.807, 2.05) is 0 Å².